The summed E-state index contributed by atoms with van der Waals surface area (Å²) in [6, 6.07) is 4.00. The molecular formula is C12H13BrClFN4. The van der Waals surface area contributed by atoms with Crippen molar-refractivity contribution < 1.29 is 4.39 Å². The molecule has 0 saturated carbocycles. The second-order valence-corrected chi connectivity index (χ2v) is 5.25. The van der Waals surface area contributed by atoms with Crippen molar-refractivity contribution in [3.63, 3.8) is 0 Å². The van der Waals surface area contributed by atoms with Crippen molar-refractivity contribution in [2.24, 2.45) is 5.84 Å². The van der Waals surface area contributed by atoms with Crippen LogP contribution in [-0.2, 0) is 6.54 Å². The topological polar surface area (TPSA) is 55.9 Å². The number of benzene rings is 1. The van der Waals surface area contributed by atoms with E-state index in [2.05, 4.69) is 26.5 Å². The zero-order chi connectivity index (χ0) is 14.0. The van der Waals surface area contributed by atoms with Gasteiger partial charge in [0.25, 0.3) is 0 Å². The minimum atomic E-state index is -0.505. The Hall–Kier alpha value is -0.950. The third kappa shape index (κ3) is 2.81. The van der Waals surface area contributed by atoms with E-state index >= 15 is 0 Å². The fourth-order valence-electron chi connectivity index (χ4n) is 1.96. The smallest absolute Gasteiger partial charge is 0.129 e. The largest absolute Gasteiger partial charge is 0.271 e. The van der Waals surface area contributed by atoms with Gasteiger partial charge in [-0.15, -0.1) is 0 Å². The van der Waals surface area contributed by atoms with Crippen LogP contribution in [0.4, 0.5) is 4.39 Å². The Kier molecular flexibility index (Phi) is 4.57. The predicted molar refractivity (Wildman–Crippen MR) is 76.2 cm³/mol. The Bertz CT molecular complexity index is 587. The number of nitrogens with zero attached hydrogens (tertiary/aromatic N) is 2. The summed E-state index contributed by atoms with van der Waals surface area (Å²) in [6.45, 7) is 2.61. The monoisotopic (exact) mass is 346 g/mol. The zero-order valence-corrected chi connectivity index (χ0v) is 12.5. The van der Waals surface area contributed by atoms with Crippen molar-refractivity contribution in [3.05, 3.63) is 51.0 Å². The standard InChI is InChI=1S/C12H13BrClFN4/c1-2-19-12(9(13)6-17-19)11(18-16)8-4-3-7(14)5-10(8)15/h3-6,11,18H,2,16H2,1H3. The van der Waals surface area contributed by atoms with Gasteiger partial charge in [0.1, 0.15) is 5.82 Å². The van der Waals surface area contributed by atoms with Crippen LogP contribution < -0.4 is 11.3 Å². The number of hydrogen-bond donors (Lipinski definition) is 2. The molecule has 0 aliphatic rings. The summed E-state index contributed by atoms with van der Waals surface area (Å²) < 4.78 is 16.5. The molecule has 0 radical (unpaired) electrons. The highest BCUT2D eigenvalue weighted by Gasteiger charge is 2.23. The number of nitrogens with one attached hydrogen (secondary N) is 1. The number of rotatable bonds is 4. The van der Waals surface area contributed by atoms with Gasteiger partial charge < -0.3 is 0 Å². The molecule has 7 heteroatoms. The van der Waals surface area contributed by atoms with Gasteiger partial charge in [0.15, 0.2) is 0 Å². The lowest BCUT2D eigenvalue weighted by Crippen LogP contribution is -2.31. The number of aryl methyl sites for hydroxylation is 1. The molecule has 1 aromatic carbocycles. The van der Waals surface area contributed by atoms with Crippen molar-refractivity contribution in [2.45, 2.75) is 19.5 Å². The van der Waals surface area contributed by atoms with Gasteiger partial charge >= 0.3 is 0 Å². The maximum atomic E-state index is 14.0. The van der Waals surface area contributed by atoms with E-state index in [1.165, 1.54) is 6.07 Å². The number of nitrogens with two attached hydrogens (primary N) is 1. The van der Waals surface area contributed by atoms with Crippen LogP contribution in [0.15, 0.2) is 28.9 Å². The molecule has 3 N–H and O–H groups in total. The number of aromatic nitrogens is 2. The van der Waals surface area contributed by atoms with E-state index in [9.17, 15) is 4.39 Å². The first kappa shape index (κ1) is 14.5. The Morgan fingerprint density at radius 3 is 2.89 bits per heavy atom. The average Bonchev–Trinajstić information content (AvgIpc) is 2.74. The molecule has 0 aliphatic carbocycles. The molecule has 0 amide bonds. The maximum absolute atomic E-state index is 14.0. The van der Waals surface area contributed by atoms with E-state index in [-0.39, 0.29) is 0 Å². The summed E-state index contributed by atoms with van der Waals surface area (Å²) in [6.07, 6.45) is 1.66. The van der Waals surface area contributed by atoms with E-state index in [1.807, 2.05) is 6.92 Å². The third-order valence-corrected chi connectivity index (χ3v) is 3.69. The van der Waals surface area contributed by atoms with Crippen LogP contribution in [0.1, 0.15) is 24.2 Å². The fraction of sp³-hybridized carbons (Fsp3) is 0.250. The van der Waals surface area contributed by atoms with Crippen LogP contribution in [0.2, 0.25) is 5.02 Å². The normalized spacial score (nSPS) is 12.7. The Balaban J connectivity index is 2.52. The highest BCUT2D eigenvalue weighted by atomic mass is 79.9. The van der Waals surface area contributed by atoms with E-state index in [4.69, 9.17) is 17.4 Å². The van der Waals surface area contributed by atoms with Gasteiger partial charge in [-0.2, -0.15) is 5.10 Å². The van der Waals surface area contributed by atoms with Crippen LogP contribution >= 0.6 is 27.5 Å². The molecule has 2 rings (SSSR count). The summed E-state index contributed by atoms with van der Waals surface area (Å²) in [5.74, 6) is 5.17. The van der Waals surface area contributed by atoms with Crippen molar-refractivity contribution in [2.75, 3.05) is 0 Å². The molecule has 0 spiro atoms. The van der Waals surface area contributed by atoms with Crippen molar-refractivity contribution in [1.82, 2.24) is 15.2 Å². The van der Waals surface area contributed by atoms with Gasteiger partial charge in [0.05, 0.1) is 22.4 Å². The van der Waals surface area contributed by atoms with Crippen LogP contribution in [0.25, 0.3) is 0 Å². The molecule has 102 valence electrons. The molecule has 1 heterocycles. The molecular weight excluding hydrogens is 335 g/mol. The van der Waals surface area contributed by atoms with Gasteiger partial charge in [-0.05, 0) is 35.0 Å². The average molecular weight is 348 g/mol. The first-order valence-electron chi connectivity index (χ1n) is 5.70. The van der Waals surface area contributed by atoms with Crippen molar-refractivity contribution >= 4 is 27.5 Å². The zero-order valence-electron chi connectivity index (χ0n) is 10.2. The quantitative estimate of drug-likeness (QED) is 0.660. The lowest BCUT2D eigenvalue weighted by molar-refractivity contribution is 0.515. The lowest BCUT2D eigenvalue weighted by atomic mass is 10.0. The molecule has 1 atom stereocenters. The van der Waals surface area contributed by atoms with E-state index in [0.717, 1.165) is 10.2 Å². The summed E-state index contributed by atoms with van der Waals surface area (Å²) >= 11 is 9.17. The van der Waals surface area contributed by atoms with Gasteiger partial charge in [0, 0.05) is 17.1 Å². The summed E-state index contributed by atoms with van der Waals surface area (Å²) in [5.41, 5.74) is 3.81. The predicted octanol–water partition coefficient (Wildman–Crippen LogP) is 3.01. The summed E-state index contributed by atoms with van der Waals surface area (Å²) in [5, 5.41) is 4.55. The highest BCUT2D eigenvalue weighted by Crippen LogP contribution is 2.30. The Morgan fingerprint density at radius 2 is 2.32 bits per heavy atom. The number of hydrogen-bond acceptors (Lipinski definition) is 3. The Labute approximate surface area is 123 Å². The number of halogens is 3. The fourth-order valence-corrected chi connectivity index (χ4v) is 2.65. The molecule has 0 saturated heterocycles. The molecule has 0 fully saturated rings. The second kappa shape index (κ2) is 6.00. The van der Waals surface area contributed by atoms with Crippen molar-refractivity contribution in [3.8, 4) is 0 Å². The van der Waals surface area contributed by atoms with Gasteiger partial charge in [-0.3, -0.25) is 10.5 Å². The summed E-state index contributed by atoms with van der Waals surface area (Å²) in [7, 11) is 0. The molecule has 0 aliphatic heterocycles. The van der Waals surface area contributed by atoms with Crippen LogP contribution in [0, 0.1) is 5.82 Å². The highest BCUT2D eigenvalue weighted by molar-refractivity contribution is 9.10. The third-order valence-electron chi connectivity index (χ3n) is 2.85. The SMILES string of the molecule is CCn1ncc(Br)c1C(NN)c1ccc(Cl)cc1F. The Morgan fingerprint density at radius 1 is 1.58 bits per heavy atom. The molecule has 1 aromatic heterocycles. The van der Waals surface area contributed by atoms with E-state index < -0.39 is 11.9 Å². The molecule has 19 heavy (non-hydrogen) atoms. The second-order valence-electron chi connectivity index (χ2n) is 3.96. The van der Waals surface area contributed by atoms with Crippen LogP contribution in [-0.4, -0.2) is 9.78 Å². The minimum Gasteiger partial charge on any atom is -0.271 e. The molecule has 2 aromatic rings. The van der Waals surface area contributed by atoms with E-state index in [0.29, 0.717) is 17.1 Å². The minimum absolute atomic E-state index is 0.347. The van der Waals surface area contributed by atoms with E-state index in [1.54, 1.807) is 23.0 Å². The number of hydrazine groups is 1. The van der Waals surface area contributed by atoms with Gasteiger partial charge in [-0.1, -0.05) is 17.7 Å². The molecule has 1 unspecified atom stereocenters. The van der Waals surface area contributed by atoms with Crippen molar-refractivity contribution in [1.29, 1.82) is 0 Å². The maximum Gasteiger partial charge on any atom is 0.129 e. The first-order chi connectivity index (χ1) is 9.08. The first-order valence-corrected chi connectivity index (χ1v) is 6.87. The van der Waals surface area contributed by atoms with Crippen LogP contribution in [0.3, 0.4) is 0 Å². The van der Waals surface area contributed by atoms with Gasteiger partial charge in [0.2, 0.25) is 0 Å². The summed E-state index contributed by atoms with van der Waals surface area (Å²) in [4.78, 5) is 0. The van der Waals surface area contributed by atoms with Gasteiger partial charge in [-0.25, -0.2) is 9.82 Å². The van der Waals surface area contributed by atoms with Crippen LogP contribution in [0.5, 0.6) is 0 Å². The lowest BCUT2D eigenvalue weighted by Gasteiger charge is -2.19. The molecule has 0 bridgehead atoms. The molecule has 4 nitrogen and oxygen atoms in total.